The summed E-state index contributed by atoms with van der Waals surface area (Å²) < 4.78 is 2.47. The molecule has 2 atom stereocenters. The van der Waals surface area contributed by atoms with Crippen molar-refractivity contribution in [1.29, 1.82) is 0 Å². The van der Waals surface area contributed by atoms with Crippen LogP contribution in [-0.4, -0.2) is 32.0 Å². The molecule has 4 aromatic heterocycles. The third-order valence-electron chi connectivity index (χ3n) is 4.50. The van der Waals surface area contributed by atoms with E-state index >= 15 is 0 Å². The number of benzene rings is 1. The quantitative estimate of drug-likeness (QED) is 0.274. The first-order chi connectivity index (χ1) is 14.7. The lowest BCUT2D eigenvalue weighted by atomic mass is 10.1. The van der Waals surface area contributed by atoms with Gasteiger partial charge in [0.05, 0.1) is 28.7 Å². The van der Waals surface area contributed by atoms with Crippen molar-refractivity contribution in [2.24, 2.45) is 0 Å². The smallest absolute Gasteiger partial charge is 0.146 e. The average Bonchev–Trinajstić information content (AvgIpc) is 3.52. The van der Waals surface area contributed by atoms with E-state index in [-0.39, 0.29) is 17.2 Å². The zero-order valence-corrected chi connectivity index (χ0v) is 18.9. The number of carbonyl (C=O) groups is 2. The maximum Gasteiger partial charge on any atom is 0.146 e. The number of hydrogen-bond acceptors (Lipinski definition) is 6. The van der Waals surface area contributed by atoms with Gasteiger partial charge in [0.2, 0.25) is 0 Å². The van der Waals surface area contributed by atoms with Crippen molar-refractivity contribution >= 4 is 72.4 Å². The van der Waals surface area contributed by atoms with Gasteiger partial charge in [-0.25, -0.2) is 9.97 Å². The van der Waals surface area contributed by atoms with Crippen LogP contribution >= 0.6 is 39.8 Å². The second-order valence-electron chi connectivity index (χ2n) is 6.34. The van der Waals surface area contributed by atoms with Crippen molar-refractivity contribution in [2.45, 2.75) is 0 Å². The molecule has 0 amide bonds. The Hall–Kier alpha value is -2.50. The van der Waals surface area contributed by atoms with Gasteiger partial charge in [-0.15, -0.1) is 22.7 Å². The maximum absolute atomic E-state index is 10.7. The number of nitrogens with zero attached hydrogens (tertiary/aromatic N) is 2. The molecule has 0 saturated carbocycles. The minimum Gasteiger partial charge on any atom is -0.338 e. The Labute approximate surface area is 182 Å². The van der Waals surface area contributed by atoms with Crippen molar-refractivity contribution in [2.75, 3.05) is 0 Å². The Morgan fingerprint density at radius 2 is 1.27 bits per heavy atom. The van der Waals surface area contributed by atoms with Gasteiger partial charge in [0.1, 0.15) is 23.2 Å². The standard InChI is InChI=1S/C20H14N4O2P2S2/c25-9-27-19-21-7-13(23-19)11-1-3-12(4-2-11)15-5-17-18(29-15)6-16(30-17)14-8-22-20(24-14)28-10-26/h1-10,27-28H,(H,21,23)(H,22,24). The molecule has 148 valence electrons. The first-order valence-electron chi connectivity index (χ1n) is 8.88. The number of carbonyl (C=O) groups excluding carboxylic acids is 2. The summed E-state index contributed by atoms with van der Waals surface area (Å²) in [7, 11) is 0.106. The summed E-state index contributed by atoms with van der Waals surface area (Å²) in [5.41, 5.74) is 5.49. The van der Waals surface area contributed by atoms with E-state index in [0.29, 0.717) is 11.1 Å². The van der Waals surface area contributed by atoms with Gasteiger partial charge in [0.15, 0.2) is 0 Å². The SMILES string of the molecule is O=CPc1ncc(-c2ccc(-c3cc4sc(-c5cnc(PC=O)[nH]5)cc4s3)cc2)[nH]1. The second-order valence-corrected chi connectivity index (χ2v) is 10.5. The minimum absolute atomic E-state index is 0.0494. The van der Waals surface area contributed by atoms with Crippen LogP contribution in [0.25, 0.3) is 41.7 Å². The molecular formula is C20H14N4O2P2S2. The van der Waals surface area contributed by atoms with E-state index in [1.165, 1.54) is 19.8 Å². The highest BCUT2D eigenvalue weighted by molar-refractivity contribution is 7.62. The first-order valence-corrected chi connectivity index (χ1v) is 12.7. The summed E-state index contributed by atoms with van der Waals surface area (Å²) in [6.45, 7) is 0. The summed E-state index contributed by atoms with van der Waals surface area (Å²) >= 11 is 3.48. The Balaban J connectivity index is 1.38. The van der Waals surface area contributed by atoms with Crippen LogP contribution in [0.1, 0.15) is 0 Å². The van der Waals surface area contributed by atoms with E-state index in [1.54, 1.807) is 35.1 Å². The van der Waals surface area contributed by atoms with Crippen molar-refractivity contribution in [1.82, 2.24) is 19.9 Å². The minimum atomic E-state index is 0.0494. The molecule has 0 aliphatic rings. The van der Waals surface area contributed by atoms with Gasteiger partial charge >= 0.3 is 0 Å². The Morgan fingerprint density at radius 3 is 1.93 bits per heavy atom. The zero-order valence-electron chi connectivity index (χ0n) is 15.3. The van der Waals surface area contributed by atoms with E-state index in [9.17, 15) is 9.59 Å². The molecule has 0 aliphatic carbocycles. The van der Waals surface area contributed by atoms with Crippen LogP contribution < -0.4 is 11.1 Å². The van der Waals surface area contributed by atoms with Crippen LogP contribution in [-0.2, 0) is 9.59 Å². The molecule has 5 rings (SSSR count). The van der Waals surface area contributed by atoms with Crippen LogP contribution in [0.4, 0.5) is 0 Å². The van der Waals surface area contributed by atoms with E-state index in [1.807, 2.05) is 0 Å². The molecule has 0 aliphatic heterocycles. The monoisotopic (exact) mass is 468 g/mol. The van der Waals surface area contributed by atoms with Crippen LogP contribution in [0.15, 0.2) is 48.8 Å². The highest BCUT2D eigenvalue weighted by Gasteiger charge is 2.12. The number of H-pyrrole nitrogens is 2. The van der Waals surface area contributed by atoms with Crippen molar-refractivity contribution < 1.29 is 9.59 Å². The maximum atomic E-state index is 10.7. The van der Waals surface area contributed by atoms with E-state index in [0.717, 1.165) is 33.9 Å². The normalized spacial score (nSPS) is 12.0. The van der Waals surface area contributed by atoms with Gasteiger partial charge < -0.3 is 9.97 Å². The molecule has 2 N–H and O–H groups in total. The molecule has 30 heavy (non-hydrogen) atoms. The van der Waals surface area contributed by atoms with Crippen LogP contribution in [0.5, 0.6) is 0 Å². The fourth-order valence-electron chi connectivity index (χ4n) is 3.10. The summed E-state index contributed by atoms with van der Waals surface area (Å²) in [6, 6.07) is 14.5. The lowest BCUT2D eigenvalue weighted by Crippen LogP contribution is -1.97. The van der Waals surface area contributed by atoms with Crippen molar-refractivity contribution in [3.8, 4) is 32.3 Å². The summed E-state index contributed by atoms with van der Waals surface area (Å²) in [4.78, 5) is 38.5. The van der Waals surface area contributed by atoms with Gasteiger partial charge in [-0.05, 0) is 23.3 Å². The van der Waals surface area contributed by atoms with Crippen molar-refractivity contribution in [3.05, 3.63) is 48.8 Å². The molecule has 5 aromatic rings. The number of rotatable bonds is 7. The highest BCUT2D eigenvalue weighted by atomic mass is 32.1. The molecular weight excluding hydrogens is 454 g/mol. The molecule has 0 bridgehead atoms. The number of aromatic nitrogens is 4. The Bertz CT molecular complexity index is 1320. The second kappa shape index (κ2) is 8.32. The van der Waals surface area contributed by atoms with E-state index < -0.39 is 0 Å². The number of imidazole rings is 2. The molecule has 10 heteroatoms. The molecule has 0 saturated heterocycles. The lowest BCUT2D eigenvalue weighted by molar-refractivity contribution is 0.569. The van der Waals surface area contributed by atoms with Crippen LogP contribution in [0.2, 0.25) is 0 Å². The average molecular weight is 468 g/mol. The van der Waals surface area contributed by atoms with Gasteiger partial charge in [-0.3, -0.25) is 9.59 Å². The fraction of sp³-hybridized carbons (Fsp3) is 0. The largest absolute Gasteiger partial charge is 0.338 e. The highest BCUT2D eigenvalue weighted by Crippen LogP contribution is 2.41. The number of thiophene rings is 2. The van der Waals surface area contributed by atoms with Gasteiger partial charge in [0, 0.05) is 31.4 Å². The summed E-state index contributed by atoms with van der Waals surface area (Å²) in [5, 5.41) is 0. The Kier molecular flexibility index (Phi) is 5.40. The predicted octanol–water partition coefficient (Wildman–Crippen LogP) is 4.40. The number of nitrogens with one attached hydrogen (secondary N) is 2. The topological polar surface area (TPSA) is 91.5 Å². The number of fused-ring (bicyclic) bond motifs is 1. The predicted molar refractivity (Wildman–Crippen MR) is 130 cm³/mol. The van der Waals surface area contributed by atoms with Gasteiger partial charge in [-0.1, -0.05) is 24.3 Å². The molecule has 4 heterocycles. The van der Waals surface area contributed by atoms with E-state index in [2.05, 4.69) is 56.3 Å². The van der Waals surface area contributed by atoms with Gasteiger partial charge in [-0.2, -0.15) is 0 Å². The summed E-state index contributed by atoms with van der Waals surface area (Å²) in [5.74, 6) is 0. The molecule has 2 unspecified atom stereocenters. The number of aromatic amines is 2. The molecule has 0 radical (unpaired) electrons. The summed E-state index contributed by atoms with van der Waals surface area (Å²) in [6.07, 6.45) is 3.55. The lowest BCUT2D eigenvalue weighted by Gasteiger charge is -2.01. The molecule has 1 aromatic carbocycles. The van der Waals surface area contributed by atoms with Gasteiger partial charge in [0.25, 0.3) is 0 Å². The zero-order chi connectivity index (χ0) is 20.5. The fourth-order valence-corrected chi connectivity index (χ4v) is 6.38. The van der Waals surface area contributed by atoms with Crippen LogP contribution in [0, 0.1) is 0 Å². The number of hydrogen-bond donors (Lipinski definition) is 2. The molecule has 6 nitrogen and oxygen atoms in total. The van der Waals surface area contributed by atoms with Crippen LogP contribution in [0.3, 0.4) is 0 Å². The first kappa shape index (κ1) is 19.5. The third-order valence-corrected chi connectivity index (χ3v) is 8.16. The molecule has 0 fully saturated rings. The Morgan fingerprint density at radius 1 is 0.733 bits per heavy atom. The van der Waals surface area contributed by atoms with Crippen molar-refractivity contribution in [3.63, 3.8) is 0 Å². The molecule has 0 spiro atoms. The van der Waals surface area contributed by atoms with E-state index in [4.69, 9.17) is 0 Å². The third kappa shape index (κ3) is 3.80.